The number of halogens is 1. The first-order valence-corrected chi connectivity index (χ1v) is 5.97. The fraction of sp³-hybridized carbons (Fsp3) is 0.0714. The number of carboxylic acid groups (broad SMARTS) is 1. The molecule has 20 heavy (non-hydrogen) atoms. The van der Waals surface area contributed by atoms with E-state index >= 15 is 0 Å². The Balaban J connectivity index is 2.38. The molecule has 5 nitrogen and oxygen atoms in total. The number of nitrogens with zero attached hydrogens (tertiary/aromatic N) is 2. The van der Waals surface area contributed by atoms with Crippen LogP contribution in [-0.2, 0) is 0 Å². The van der Waals surface area contributed by atoms with Crippen LogP contribution in [0.25, 0.3) is 0 Å². The second-order valence-electron chi connectivity index (χ2n) is 3.98. The number of pyridine rings is 1. The summed E-state index contributed by atoms with van der Waals surface area (Å²) in [4.78, 5) is 14.8. The third-order valence-electron chi connectivity index (χ3n) is 2.55. The molecule has 0 saturated heterocycles. The lowest BCUT2D eigenvalue weighted by atomic mass is 10.1. The number of ether oxygens (including phenoxy) is 1. The van der Waals surface area contributed by atoms with Gasteiger partial charge in [0.1, 0.15) is 5.75 Å². The van der Waals surface area contributed by atoms with Gasteiger partial charge in [0.2, 0.25) is 5.88 Å². The Morgan fingerprint density at radius 3 is 2.80 bits per heavy atom. The van der Waals surface area contributed by atoms with Crippen molar-refractivity contribution in [2.24, 2.45) is 0 Å². The number of carboxylic acids is 1. The van der Waals surface area contributed by atoms with E-state index in [9.17, 15) is 4.79 Å². The van der Waals surface area contributed by atoms with Crippen molar-refractivity contribution >= 4 is 17.6 Å². The van der Waals surface area contributed by atoms with E-state index < -0.39 is 5.97 Å². The summed E-state index contributed by atoms with van der Waals surface area (Å²) in [5, 5.41) is 17.8. The normalized spacial score (nSPS) is 9.85. The fourth-order valence-electron chi connectivity index (χ4n) is 1.52. The average Bonchev–Trinajstić information content (AvgIpc) is 2.43. The van der Waals surface area contributed by atoms with Crippen molar-refractivity contribution in [1.82, 2.24) is 4.98 Å². The first-order valence-electron chi connectivity index (χ1n) is 5.59. The molecule has 2 aromatic rings. The van der Waals surface area contributed by atoms with Crippen LogP contribution < -0.4 is 4.74 Å². The zero-order valence-corrected chi connectivity index (χ0v) is 11.2. The molecule has 0 amide bonds. The molecule has 0 aliphatic heterocycles. The van der Waals surface area contributed by atoms with Crippen LogP contribution in [0.4, 0.5) is 0 Å². The highest BCUT2D eigenvalue weighted by Crippen LogP contribution is 2.26. The van der Waals surface area contributed by atoms with Crippen LogP contribution in [0.1, 0.15) is 21.6 Å². The number of benzene rings is 1. The molecule has 0 aliphatic rings. The lowest BCUT2D eigenvalue weighted by Crippen LogP contribution is -2.02. The van der Waals surface area contributed by atoms with Gasteiger partial charge in [-0.05, 0) is 30.7 Å². The maximum Gasteiger partial charge on any atom is 0.356 e. The van der Waals surface area contributed by atoms with E-state index in [2.05, 4.69) is 4.98 Å². The molecule has 0 radical (unpaired) electrons. The number of hydrogen-bond acceptors (Lipinski definition) is 4. The number of nitriles is 1. The Morgan fingerprint density at radius 1 is 1.40 bits per heavy atom. The summed E-state index contributed by atoms with van der Waals surface area (Å²) in [5.74, 6) is -0.692. The molecule has 6 heteroatoms. The van der Waals surface area contributed by atoms with E-state index in [0.717, 1.165) is 5.56 Å². The highest BCUT2D eigenvalue weighted by atomic mass is 35.5. The first kappa shape index (κ1) is 13.8. The van der Waals surface area contributed by atoms with Gasteiger partial charge in [0.25, 0.3) is 0 Å². The largest absolute Gasteiger partial charge is 0.476 e. The van der Waals surface area contributed by atoms with Gasteiger partial charge in [0, 0.05) is 6.07 Å². The maximum absolute atomic E-state index is 10.9. The van der Waals surface area contributed by atoms with E-state index in [0.29, 0.717) is 11.3 Å². The third-order valence-corrected chi connectivity index (χ3v) is 2.86. The van der Waals surface area contributed by atoms with Crippen LogP contribution in [0.5, 0.6) is 11.6 Å². The Kier molecular flexibility index (Phi) is 3.87. The first-order chi connectivity index (χ1) is 9.51. The summed E-state index contributed by atoms with van der Waals surface area (Å²) in [7, 11) is 0. The highest BCUT2D eigenvalue weighted by molar-refractivity contribution is 6.33. The summed E-state index contributed by atoms with van der Waals surface area (Å²) in [6.45, 7) is 1.81. The van der Waals surface area contributed by atoms with Crippen molar-refractivity contribution in [3.05, 3.63) is 52.2 Å². The summed E-state index contributed by atoms with van der Waals surface area (Å²) in [6, 6.07) is 9.84. The molecule has 0 saturated carbocycles. The Bertz CT molecular complexity index is 723. The lowest BCUT2D eigenvalue weighted by molar-refractivity contribution is 0.0690. The number of rotatable bonds is 3. The molecule has 0 spiro atoms. The molecule has 1 heterocycles. The average molecular weight is 289 g/mol. The van der Waals surface area contributed by atoms with E-state index in [1.807, 2.05) is 13.0 Å². The summed E-state index contributed by atoms with van der Waals surface area (Å²) < 4.78 is 5.51. The van der Waals surface area contributed by atoms with Gasteiger partial charge in [0.05, 0.1) is 16.7 Å². The zero-order chi connectivity index (χ0) is 14.7. The standard InChI is InChI=1S/C14H9ClN2O3/c1-8-2-3-9(7-16)6-11(8)20-12-5-4-10(15)13(17-12)14(18)19/h2-6H,1H3,(H,18,19). The van der Waals surface area contributed by atoms with Crippen molar-refractivity contribution in [2.45, 2.75) is 6.92 Å². The zero-order valence-electron chi connectivity index (χ0n) is 10.4. The van der Waals surface area contributed by atoms with Crippen LogP contribution >= 0.6 is 11.6 Å². The second kappa shape index (κ2) is 5.59. The van der Waals surface area contributed by atoms with Crippen molar-refractivity contribution in [3.8, 4) is 17.7 Å². The SMILES string of the molecule is Cc1ccc(C#N)cc1Oc1ccc(Cl)c(C(=O)O)n1. The molecule has 1 aromatic carbocycles. The van der Waals surface area contributed by atoms with Gasteiger partial charge >= 0.3 is 5.97 Å². The smallest absolute Gasteiger partial charge is 0.356 e. The minimum atomic E-state index is -1.23. The summed E-state index contributed by atoms with van der Waals surface area (Å²) >= 11 is 5.73. The number of aromatic carboxylic acids is 1. The second-order valence-corrected chi connectivity index (χ2v) is 4.39. The maximum atomic E-state index is 10.9. The number of hydrogen-bond donors (Lipinski definition) is 1. The monoisotopic (exact) mass is 288 g/mol. The van der Waals surface area contributed by atoms with Gasteiger partial charge < -0.3 is 9.84 Å². The molecule has 100 valence electrons. The van der Waals surface area contributed by atoms with E-state index in [-0.39, 0.29) is 16.6 Å². The number of carbonyl (C=O) groups is 1. The molecule has 0 bridgehead atoms. The molecule has 0 atom stereocenters. The lowest BCUT2D eigenvalue weighted by Gasteiger charge is -2.09. The Hall–Kier alpha value is -2.58. The van der Waals surface area contributed by atoms with Gasteiger partial charge in [-0.2, -0.15) is 5.26 Å². The van der Waals surface area contributed by atoms with Crippen LogP contribution in [0.15, 0.2) is 30.3 Å². The van der Waals surface area contributed by atoms with Crippen LogP contribution in [0.2, 0.25) is 5.02 Å². The molecule has 1 N–H and O–H groups in total. The molecule has 1 aromatic heterocycles. The summed E-state index contributed by atoms with van der Waals surface area (Å²) in [5.41, 5.74) is 0.967. The van der Waals surface area contributed by atoms with Crippen LogP contribution in [-0.4, -0.2) is 16.1 Å². The van der Waals surface area contributed by atoms with E-state index in [1.54, 1.807) is 18.2 Å². The minimum absolute atomic E-state index is 0.0346. The summed E-state index contributed by atoms with van der Waals surface area (Å²) in [6.07, 6.45) is 0. The predicted molar refractivity (Wildman–Crippen MR) is 72.2 cm³/mol. The minimum Gasteiger partial charge on any atom is -0.476 e. The molecule has 0 fully saturated rings. The van der Waals surface area contributed by atoms with Crippen molar-refractivity contribution < 1.29 is 14.6 Å². The van der Waals surface area contributed by atoms with Gasteiger partial charge in [0.15, 0.2) is 5.69 Å². The molecule has 0 aliphatic carbocycles. The molecular weight excluding hydrogens is 280 g/mol. The van der Waals surface area contributed by atoms with Crippen LogP contribution in [0.3, 0.4) is 0 Å². The highest BCUT2D eigenvalue weighted by Gasteiger charge is 2.13. The third kappa shape index (κ3) is 2.87. The van der Waals surface area contributed by atoms with Gasteiger partial charge in [-0.15, -0.1) is 0 Å². The Morgan fingerprint density at radius 2 is 2.15 bits per heavy atom. The van der Waals surface area contributed by atoms with Gasteiger partial charge in [-0.1, -0.05) is 17.7 Å². The Labute approximate surface area is 120 Å². The molecular formula is C14H9ClN2O3. The van der Waals surface area contributed by atoms with Gasteiger partial charge in [-0.25, -0.2) is 9.78 Å². The number of aryl methyl sites for hydroxylation is 1. The molecule has 2 rings (SSSR count). The van der Waals surface area contributed by atoms with E-state index in [4.69, 9.17) is 26.7 Å². The van der Waals surface area contributed by atoms with Crippen molar-refractivity contribution in [3.63, 3.8) is 0 Å². The van der Waals surface area contributed by atoms with Crippen molar-refractivity contribution in [1.29, 1.82) is 5.26 Å². The van der Waals surface area contributed by atoms with Crippen LogP contribution in [0, 0.1) is 18.3 Å². The molecule has 0 unspecified atom stereocenters. The van der Waals surface area contributed by atoms with Gasteiger partial charge in [-0.3, -0.25) is 0 Å². The number of aromatic nitrogens is 1. The quantitative estimate of drug-likeness (QED) is 0.935. The topological polar surface area (TPSA) is 83.2 Å². The van der Waals surface area contributed by atoms with Crippen molar-refractivity contribution in [2.75, 3.05) is 0 Å². The predicted octanol–water partition coefficient (Wildman–Crippen LogP) is 3.41. The fourth-order valence-corrected chi connectivity index (χ4v) is 1.71. The van der Waals surface area contributed by atoms with E-state index in [1.165, 1.54) is 12.1 Å².